The van der Waals surface area contributed by atoms with E-state index in [0.29, 0.717) is 6.04 Å². The molecule has 4 heteroatoms. The molecule has 1 aromatic heterocycles. The number of nitrogens with one attached hydrogen (secondary N) is 1. The number of hydrogen-bond acceptors (Lipinski definition) is 2. The molecule has 2 heterocycles. The molecular formula is C16H22FN3. The maximum atomic E-state index is 13.4. The number of halogens is 1. The molecule has 1 aromatic carbocycles. The summed E-state index contributed by atoms with van der Waals surface area (Å²) in [6.07, 6.45) is 0. The van der Waals surface area contributed by atoms with Gasteiger partial charge in [-0.15, -0.1) is 0 Å². The second-order valence-corrected chi connectivity index (χ2v) is 5.83. The zero-order valence-corrected chi connectivity index (χ0v) is 12.2. The molecule has 3 nitrogen and oxygen atoms in total. The molecule has 0 aliphatic carbocycles. The maximum absolute atomic E-state index is 13.4. The molecule has 0 bridgehead atoms. The van der Waals surface area contributed by atoms with Gasteiger partial charge in [-0.25, -0.2) is 4.39 Å². The first-order valence-corrected chi connectivity index (χ1v) is 7.37. The third-order valence-electron chi connectivity index (χ3n) is 3.99. The van der Waals surface area contributed by atoms with Crippen LogP contribution in [0.25, 0.3) is 10.9 Å². The average molecular weight is 275 g/mol. The van der Waals surface area contributed by atoms with E-state index < -0.39 is 0 Å². The van der Waals surface area contributed by atoms with Crippen molar-refractivity contribution in [3.05, 3.63) is 35.8 Å². The fraction of sp³-hybridized carbons (Fsp3) is 0.500. The van der Waals surface area contributed by atoms with Crippen molar-refractivity contribution in [3.8, 4) is 0 Å². The summed E-state index contributed by atoms with van der Waals surface area (Å²) in [6, 6.07) is 7.60. The van der Waals surface area contributed by atoms with E-state index in [-0.39, 0.29) is 5.82 Å². The van der Waals surface area contributed by atoms with Crippen LogP contribution in [0.4, 0.5) is 4.39 Å². The summed E-state index contributed by atoms with van der Waals surface area (Å²) in [5, 5.41) is 4.38. The van der Waals surface area contributed by atoms with Crippen LogP contribution < -0.4 is 5.32 Å². The molecule has 1 aliphatic rings. The van der Waals surface area contributed by atoms with Crippen molar-refractivity contribution >= 4 is 10.9 Å². The SMILES string of the molecule is CC(C)n1c(CN2CCNCC2)cc2cc(F)ccc21. The van der Waals surface area contributed by atoms with Gasteiger partial charge in [-0.3, -0.25) is 4.90 Å². The highest BCUT2D eigenvalue weighted by Gasteiger charge is 2.16. The lowest BCUT2D eigenvalue weighted by Crippen LogP contribution is -2.43. The molecule has 1 N–H and O–H groups in total. The average Bonchev–Trinajstić information content (AvgIpc) is 2.76. The summed E-state index contributed by atoms with van der Waals surface area (Å²) in [5.74, 6) is -0.160. The van der Waals surface area contributed by atoms with Crippen LogP contribution in [0.15, 0.2) is 24.3 Å². The summed E-state index contributed by atoms with van der Waals surface area (Å²) < 4.78 is 15.7. The van der Waals surface area contributed by atoms with Crippen molar-refractivity contribution in [1.82, 2.24) is 14.8 Å². The third-order valence-corrected chi connectivity index (χ3v) is 3.99. The molecule has 0 saturated carbocycles. The predicted octanol–water partition coefficient (Wildman–Crippen LogP) is 2.77. The quantitative estimate of drug-likeness (QED) is 0.929. The summed E-state index contributed by atoms with van der Waals surface area (Å²) >= 11 is 0. The van der Waals surface area contributed by atoms with Gasteiger partial charge >= 0.3 is 0 Å². The lowest BCUT2D eigenvalue weighted by Gasteiger charge is -2.28. The van der Waals surface area contributed by atoms with E-state index in [4.69, 9.17) is 0 Å². The van der Waals surface area contributed by atoms with Crippen molar-refractivity contribution in [3.63, 3.8) is 0 Å². The predicted molar refractivity (Wildman–Crippen MR) is 80.4 cm³/mol. The second-order valence-electron chi connectivity index (χ2n) is 5.83. The van der Waals surface area contributed by atoms with Crippen molar-refractivity contribution in [1.29, 1.82) is 0 Å². The molecule has 108 valence electrons. The van der Waals surface area contributed by atoms with Crippen LogP contribution in [0, 0.1) is 5.82 Å². The van der Waals surface area contributed by atoms with Gasteiger partial charge in [0.05, 0.1) is 0 Å². The monoisotopic (exact) mass is 275 g/mol. The van der Waals surface area contributed by atoms with Crippen LogP contribution in [-0.4, -0.2) is 35.6 Å². The number of nitrogens with zero attached hydrogens (tertiary/aromatic N) is 2. The van der Waals surface area contributed by atoms with Crippen LogP contribution in [0.1, 0.15) is 25.6 Å². The van der Waals surface area contributed by atoms with E-state index in [1.807, 2.05) is 6.07 Å². The summed E-state index contributed by atoms with van der Waals surface area (Å²) in [5.41, 5.74) is 2.41. The fourth-order valence-electron chi connectivity index (χ4n) is 3.09. The van der Waals surface area contributed by atoms with Crippen LogP contribution >= 0.6 is 0 Å². The number of rotatable bonds is 3. The van der Waals surface area contributed by atoms with E-state index in [1.54, 1.807) is 12.1 Å². The second kappa shape index (κ2) is 5.54. The maximum Gasteiger partial charge on any atom is 0.123 e. The van der Waals surface area contributed by atoms with E-state index in [2.05, 4.69) is 34.7 Å². The van der Waals surface area contributed by atoms with Gasteiger partial charge in [0.1, 0.15) is 5.82 Å². The normalized spacial score (nSPS) is 17.2. The van der Waals surface area contributed by atoms with Gasteiger partial charge in [0.25, 0.3) is 0 Å². The molecular weight excluding hydrogens is 253 g/mol. The van der Waals surface area contributed by atoms with Gasteiger partial charge in [0, 0.05) is 55.4 Å². The van der Waals surface area contributed by atoms with Crippen molar-refractivity contribution < 1.29 is 4.39 Å². The summed E-state index contributed by atoms with van der Waals surface area (Å²) in [6.45, 7) is 9.57. The Morgan fingerprint density at radius 1 is 1.20 bits per heavy atom. The molecule has 1 aliphatic heterocycles. The first-order valence-electron chi connectivity index (χ1n) is 7.37. The van der Waals surface area contributed by atoms with E-state index in [0.717, 1.165) is 43.6 Å². The molecule has 20 heavy (non-hydrogen) atoms. The Hall–Kier alpha value is -1.39. The summed E-state index contributed by atoms with van der Waals surface area (Å²) in [7, 11) is 0. The number of piperazine rings is 1. The number of fused-ring (bicyclic) bond motifs is 1. The van der Waals surface area contributed by atoms with Gasteiger partial charge in [-0.05, 0) is 38.1 Å². The van der Waals surface area contributed by atoms with Crippen LogP contribution in [0.3, 0.4) is 0 Å². The standard InChI is InChI=1S/C16H22FN3/c1-12(2)20-15(11-19-7-5-18-6-8-19)10-13-9-14(17)3-4-16(13)20/h3-4,9-10,12,18H,5-8,11H2,1-2H3. The van der Waals surface area contributed by atoms with E-state index in [9.17, 15) is 4.39 Å². The molecule has 0 radical (unpaired) electrons. The van der Waals surface area contributed by atoms with Gasteiger partial charge in [0.15, 0.2) is 0 Å². The molecule has 3 rings (SSSR count). The first kappa shape index (κ1) is 13.6. The van der Waals surface area contributed by atoms with Crippen molar-refractivity contribution in [2.75, 3.05) is 26.2 Å². The highest BCUT2D eigenvalue weighted by atomic mass is 19.1. The van der Waals surface area contributed by atoms with Gasteiger partial charge in [0.2, 0.25) is 0 Å². The Morgan fingerprint density at radius 3 is 2.65 bits per heavy atom. The topological polar surface area (TPSA) is 20.2 Å². The molecule has 1 fully saturated rings. The molecule has 0 spiro atoms. The largest absolute Gasteiger partial charge is 0.341 e. The first-order chi connectivity index (χ1) is 9.65. The minimum atomic E-state index is -0.160. The zero-order valence-electron chi connectivity index (χ0n) is 12.2. The number of benzene rings is 1. The number of aromatic nitrogens is 1. The molecule has 0 amide bonds. The molecule has 2 aromatic rings. The molecule has 0 unspecified atom stereocenters. The molecule has 1 saturated heterocycles. The minimum absolute atomic E-state index is 0.160. The van der Waals surface area contributed by atoms with Crippen LogP contribution in [0.2, 0.25) is 0 Å². The van der Waals surface area contributed by atoms with Crippen LogP contribution in [0.5, 0.6) is 0 Å². The lowest BCUT2D eigenvalue weighted by molar-refractivity contribution is 0.227. The van der Waals surface area contributed by atoms with E-state index in [1.165, 1.54) is 5.69 Å². The Bertz CT molecular complexity index is 597. The minimum Gasteiger partial charge on any atom is -0.341 e. The van der Waals surface area contributed by atoms with Crippen molar-refractivity contribution in [2.24, 2.45) is 0 Å². The van der Waals surface area contributed by atoms with Gasteiger partial charge < -0.3 is 9.88 Å². The highest BCUT2D eigenvalue weighted by Crippen LogP contribution is 2.26. The van der Waals surface area contributed by atoms with Crippen LogP contribution in [-0.2, 0) is 6.54 Å². The van der Waals surface area contributed by atoms with Gasteiger partial charge in [-0.1, -0.05) is 0 Å². The lowest BCUT2D eigenvalue weighted by atomic mass is 10.2. The Balaban J connectivity index is 1.97. The van der Waals surface area contributed by atoms with Gasteiger partial charge in [-0.2, -0.15) is 0 Å². The smallest absolute Gasteiger partial charge is 0.123 e. The Labute approximate surface area is 119 Å². The summed E-state index contributed by atoms with van der Waals surface area (Å²) in [4.78, 5) is 2.46. The Kier molecular flexibility index (Phi) is 3.76. The molecule has 0 atom stereocenters. The Morgan fingerprint density at radius 2 is 1.95 bits per heavy atom. The number of hydrogen-bond donors (Lipinski definition) is 1. The van der Waals surface area contributed by atoms with E-state index >= 15 is 0 Å². The highest BCUT2D eigenvalue weighted by molar-refractivity contribution is 5.81. The fourth-order valence-corrected chi connectivity index (χ4v) is 3.09. The van der Waals surface area contributed by atoms with Crippen molar-refractivity contribution in [2.45, 2.75) is 26.4 Å². The zero-order chi connectivity index (χ0) is 14.1. The third kappa shape index (κ3) is 2.58.